The van der Waals surface area contributed by atoms with Crippen LogP contribution in [0.3, 0.4) is 0 Å². The maximum Gasteiger partial charge on any atom is 0.309 e. The van der Waals surface area contributed by atoms with Crippen LogP contribution in [0.15, 0.2) is 24.5 Å². The van der Waals surface area contributed by atoms with Crippen LogP contribution in [0.4, 0.5) is 0 Å². The Morgan fingerprint density at radius 3 is 2.62 bits per heavy atom. The molecule has 0 fully saturated rings. The van der Waals surface area contributed by atoms with Crippen LogP contribution >= 0.6 is 0 Å². The second kappa shape index (κ2) is 4.09. The van der Waals surface area contributed by atoms with Gasteiger partial charge in [-0.1, -0.05) is 0 Å². The Morgan fingerprint density at radius 1 is 1.31 bits per heavy atom. The van der Waals surface area contributed by atoms with Crippen LogP contribution in [0.5, 0.6) is 5.88 Å². The van der Waals surface area contributed by atoms with Crippen LogP contribution in [0.25, 0.3) is 5.69 Å². The van der Waals surface area contributed by atoms with Gasteiger partial charge in [-0.25, -0.2) is 4.98 Å². The number of ether oxygens (including phenoxy) is 1. The van der Waals surface area contributed by atoms with Crippen LogP contribution in [0.2, 0.25) is 0 Å². The molecule has 0 bridgehead atoms. The van der Waals surface area contributed by atoms with E-state index in [-0.39, 0.29) is 5.88 Å². The number of carbonyl (C=O) groups is 1. The molecule has 0 aliphatic rings. The summed E-state index contributed by atoms with van der Waals surface area (Å²) >= 11 is 0. The predicted octanol–water partition coefficient (Wildman–Crippen LogP) is 0.896. The van der Waals surface area contributed by atoms with Gasteiger partial charge in [-0.15, -0.1) is 4.80 Å². The van der Waals surface area contributed by atoms with E-state index < -0.39 is 5.97 Å². The molecule has 0 aromatic carbocycles. The van der Waals surface area contributed by atoms with E-state index in [1.165, 1.54) is 24.1 Å². The highest BCUT2D eigenvalue weighted by molar-refractivity contribution is 5.70. The van der Waals surface area contributed by atoms with Crippen molar-refractivity contribution in [2.45, 2.75) is 13.8 Å². The molecule has 0 spiro atoms. The van der Waals surface area contributed by atoms with Gasteiger partial charge in [0.2, 0.25) is 0 Å². The van der Waals surface area contributed by atoms with Crippen LogP contribution in [-0.2, 0) is 4.79 Å². The fourth-order valence-electron chi connectivity index (χ4n) is 1.23. The second-order valence-electron chi connectivity index (χ2n) is 3.19. The summed E-state index contributed by atoms with van der Waals surface area (Å²) in [6.07, 6.45) is 3.08. The van der Waals surface area contributed by atoms with Gasteiger partial charge in [-0.05, 0) is 19.1 Å². The molecular weight excluding hydrogens is 208 g/mol. The molecule has 0 N–H and O–H groups in total. The SMILES string of the molecule is CC(=O)Oc1nc(C)ccc1-n1nccn1. The largest absolute Gasteiger partial charge is 0.405 e. The van der Waals surface area contributed by atoms with Gasteiger partial charge in [0, 0.05) is 12.6 Å². The van der Waals surface area contributed by atoms with Gasteiger partial charge in [0.05, 0.1) is 12.4 Å². The first-order valence-electron chi connectivity index (χ1n) is 4.69. The van der Waals surface area contributed by atoms with E-state index in [2.05, 4.69) is 15.2 Å². The highest BCUT2D eigenvalue weighted by atomic mass is 16.5. The molecule has 0 aliphatic heterocycles. The summed E-state index contributed by atoms with van der Waals surface area (Å²) in [5.41, 5.74) is 1.29. The number of esters is 1. The van der Waals surface area contributed by atoms with Crippen molar-refractivity contribution in [3.05, 3.63) is 30.2 Å². The highest BCUT2D eigenvalue weighted by Crippen LogP contribution is 2.19. The summed E-state index contributed by atoms with van der Waals surface area (Å²) in [5.74, 6) is -0.213. The molecule has 6 nitrogen and oxygen atoms in total. The first-order valence-corrected chi connectivity index (χ1v) is 4.69. The van der Waals surface area contributed by atoms with Gasteiger partial charge in [-0.2, -0.15) is 10.2 Å². The first kappa shape index (κ1) is 10.3. The molecule has 0 atom stereocenters. The Morgan fingerprint density at radius 2 is 2.00 bits per heavy atom. The third-order valence-corrected chi connectivity index (χ3v) is 1.85. The number of hydrogen-bond acceptors (Lipinski definition) is 5. The standard InChI is InChI=1S/C10H10N4O2/c1-7-3-4-9(14-11-5-6-12-14)10(13-7)16-8(2)15/h3-6H,1-2H3. The van der Waals surface area contributed by atoms with Crippen LogP contribution in [0, 0.1) is 6.92 Å². The minimum atomic E-state index is -0.425. The number of aromatic nitrogens is 4. The van der Waals surface area contributed by atoms with E-state index >= 15 is 0 Å². The van der Waals surface area contributed by atoms with Crippen molar-refractivity contribution in [1.29, 1.82) is 0 Å². The summed E-state index contributed by atoms with van der Waals surface area (Å²) in [6.45, 7) is 3.14. The summed E-state index contributed by atoms with van der Waals surface area (Å²) in [7, 11) is 0. The smallest absolute Gasteiger partial charge is 0.309 e. The van der Waals surface area contributed by atoms with Gasteiger partial charge in [0.1, 0.15) is 5.69 Å². The van der Waals surface area contributed by atoms with Crippen molar-refractivity contribution >= 4 is 5.97 Å². The van der Waals surface area contributed by atoms with Crippen LogP contribution in [0.1, 0.15) is 12.6 Å². The second-order valence-corrected chi connectivity index (χ2v) is 3.19. The van der Waals surface area contributed by atoms with Gasteiger partial charge in [-0.3, -0.25) is 4.79 Å². The molecule has 0 unspecified atom stereocenters. The Kier molecular flexibility index (Phi) is 2.63. The quantitative estimate of drug-likeness (QED) is 0.700. The van der Waals surface area contributed by atoms with Gasteiger partial charge in [0.15, 0.2) is 0 Å². The van der Waals surface area contributed by atoms with E-state index in [0.29, 0.717) is 5.69 Å². The van der Waals surface area contributed by atoms with E-state index in [1.54, 1.807) is 12.1 Å². The van der Waals surface area contributed by atoms with E-state index in [9.17, 15) is 4.79 Å². The molecule has 0 saturated heterocycles. The zero-order valence-electron chi connectivity index (χ0n) is 8.91. The monoisotopic (exact) mass is 218 g/mol. The maximum absolute atomic E-state index is 10.9. The molecule has 0 radical (unpaired) electrons. The van der Waals surface area contributed by atoms with Gasteiger partial charge < -0.3 is 4.74 Å². The van der Waals surface area contributed by atoms with Crippen molar-refractivity contribution in [3.63, 3.8) is 0 Å². The lowest BCUT2D eigenvalue weighted by molar-refractivity contribution is -0.132. The average molecular weight is 218 g/mol. The lowest BCUT2D eigenvalue weighted by Crippen LogP contribution is -2.09. The third-order valence-electron chi connectivity index (χ3n) is 1.85. The molecule has 6 heteroatoms. The van der Waals surface area contributed by atoms with Crippen molar-refractivity contribution in [1.82, 2.24) is 20.0 Å². The fourth-order valence-corrected chi connectivity index (χ4v) is 1.23. The first-order chi connectivity index (χ1) is 7.66. The molecule has 2 rings (SSSR count). The van der Waals surface area contributed by atoms with E-state index in [0.717, 1.165) is 5.69 Å². The summed E-state index contributed by atoms with van der Waals surface area (Å²) in [4.78, 5) is 16.4. The summed E-state index contributed by atoms with van der Waals surface area (Å²) in [5, 5.41) is 7.92. The van der Waals surface area contributed by atoms with Crippen molar-refractivity contribution < 1.29 is 9.53 Å². The lowest BCUT2D eigenvalue weighted by atomic mass is 10.3. The lowest BCUT2D eigenvalue weighted by Gasteiger charge is -2.07. The predicted molar refractivity (Wildman–Crippen MR) is 55.2 cm³/mol. The molecule has 16 heavy (non-hydrogen) atoms. The van der Waals surface area contributed by atoms with Gasteiger partial charge in [0.25, 0.3) is 5.88 Å². The van der Waals surface area contributed by atoms with E-state index in [1.807, 2.05) is 6.92 Å². The third kappa shape index (κ3) is 2.05. The number of rotatable bonds is 2. The molecular formula is C10H10N4O2. The molecule has 0 saturated carbocycles. The van der Waals surface area contributed by atoms with Crippen molar-refractivity contribution in [2.24, 2.45) is 0 Å². The Bertz CT molecular complexity index is 508. The van der Waals surface area contributed by atoms with Crippen molar-refractivity contribution in [2.75, 3.05) is 0 Å². The minimum Gasteiger partial charge on any atom is -0.405 e. The van der Waals surface area contributed by atoms with Crippen molar-refractivity contribution in [3.8, 4) is 11.6 Å². The van der Waals surface area contributed by atoms with Crippen LogP contribution < -0.4 is 4.74 Å². The Hall–Kier alpha value is -2.24. The molecule has 2 aromatic rings. The molecule has 82 valence electrons. The van der Waals surface area contributed by atoms with Crippen LogP contribution in [-0.4, -0.2) is 25.9 Å². The molecule has 2 aromatic heterocycles. The summed E-state index contributed by atoms with van der Waals surface area (Å²) in [6, 6.07) is 3.55. The molecule has 0 aliphatic carbocycles. The Balaban J connectivity index is 2.48. The minimum absolute atomic E-state index is 0.212. The number of carbonyl (C=O) groups excluding carboxylic acids is 1. The number of hydrogen-bond donors (Lipinski definition) is 0. The van der Waals surface area contributed by atoms with Gasteiger partial charge >= 0.3 is 5.97 Å². The zero-order valence-corrected chi connectivity index (χ0v) is 8.91. The highest BCUT2D eigenvalue weighted by Gasteiger charge is 2.11. The number of pyridine rings is 1. The average Bonchev–Trinajstić information content (AvgIpc) is 2.69. The zero-order chi connectivity index (χ0) is 11.5. The maximum atomic E-state index is 10.9. The topological polar surface area (TPSA) is 69.9 Å². The Labute approximate surface area is 91.9 Å². The molecule has 0 amide bonds. The van der Waals surface area contributed by atoms with E-state index in [4.69, 9.17) is 4.74 Å². The number of nitrogens with zero attached hydrogens (tertiary/aromatic N) is 4. The molecule has 2 heterocycles. The fraction of sp³-hybridized carbons (Fsp3) is 0.200. The summed E-state index contributed by atoms with van der Waals surface area (Å²) < 4.78 is 5.00. The normalized spacial score (nSPS) is 10.1. The number of aryl methyl sites for hydroxylation is 1.